The van der Waals surface area contributed by atoms with E-state index in [1.165, 1.54) is 0 Å². The average Bonchev–Trinajstić information content (AvgIpc) is 2.32. The minimum atomic E-state index is 0.464. The fraction of sp³-hybridized carbons (Fsp3) is 0.0833. The molecule has 0 fully saturated rings. The van der Waals surface area contributed by atoms with E-state index in [9.17, 15) is 0 Å². The van der Waals surface area contributed by atoms with Crippen molar-refractivity contribution in [2.45, 2.75) is 6.61 Å². The van der Waals surface area contributed by atoms with Crippen LogP contribution in [0.4, 0.5) is 0 Å². The molecule has 16 heavy (non-hydrogen) atoms. The quantitative estimate of drug-likeness (QED) is 0.826. The van der Waals surface area contributed by atoms with Gasteiger partial charge in [0.05, 0.1) is 10.0 Å². The summed E-state index contributed by atoms with van der Waals surface area (Å²) in [5.41, 5.74) is 1.01. The number of hydrogen-bond acceptors (Lipinski definition) is 2. The van der Waals surface area contributed by atoms with Gasteiger partial charge in [-0.1, -0.05) is 29.3 Å². The van der Waals surface area contributed by atoms with Crippen LogP contribution < -0.4 is 4.74 Å². The van der Waals surface area contributed by atoms with Gasteiger partial charge >= 0.3 is 0 Å². The lowest BCUT2D eigenvalue weighted by Gasteiger charge is -2.06. The van der Waals surface area contributed by atoms with Crippen molar-refractivity contribution in [1.29, 1.82) is 0 Å². The lowest BCUT2D eigenvalue weighted by Crippen LogP contribution is -1.95. The van der Waals surface area contributed by atoms with Gasteiger partial charge in [-0.2, -0.15) is 0 Å². The van der Waals surface area contributed by atoms with Crippen LogP contribution in [-0.4, -0.2) is 4.98 Å². The van der Waals surface area contributed by atoms with Crippen molar-refractivity contribution in [3.8, 4) is 5.75 Å². The molecule has 0 saturated heterocycles. The Hall–Kier alpha value is -1.25. The average molecular weight is 254 g/mol. The van der Waals surface area contributed by atoms with Crippen molar-refractivity contribution in [3.05, 3.63) is 58.3 Å². The van der Waals surface area contributed by atoms with Crippen molar-refractivity contribution >= 4 is 23.2 Å². The van der Waals surface area contributed by atoms with Gasteiger partial charge in [-0.15, -0.1) is 0 Å². The van der Waals surface area contributed by atoms with Crippen LogP contribution in [0.1, 0.15) is 5.56 Å². The number of ether oxygens (including phenoxy) is 1. The van der Waals surface area contributed by atoms with Gasteiger partial charge in [0.1, 0.15) is 12.4 Å². The third kappa shape index (κ3) is 2.87. The topological polar surface area (TPSA) is 22.1 Å². The fourth-order valence-electron chi connectivity index (χ4n) is 1.22. The summed E-state index contributed by atoms with van der Waals surface area (Å²) in [6.45, 7) is 0.464. The van der Waals surface area contributed by atoms with Gasteiger partial charge in [0, 0.05) is 24.0 Å². The summed E-state index contributed by atoms with van der Waals surface area (Å²) in [4.78, 5) is 4.00. The number of rotatable bonds is 3. The van der Waals surface area contributed by atoms with E-state index in [1.54, 1.807) is 30.6 Å². The van der Waals surface area contributed by atoms with E-state index in [0.29, 0.717) is 22.4 Å². The lowest BCUT2D eigenvalue weighted by atomic mass is 10.3. The molecule has 4 heteroatoms. The summed E-state index contributed by atoms with van der Waals surface area (Å²) in [5.74, 6) is 0.693. The van der Waals surface area contributed by atoms with Crippen molar-refractivity contribution in [3.63, 3.8) is 0 Å². The maximum atomic E-state index is 5.87. The first-order valence-corrected chi connectivity index (χ1v) is 5.48. The molecule has 1 heterocycles. The van der Waals surface area contributed by atoms with Gasteiger partial charge in [-0.3, -0.25) is 4.98 Å². The maximum Gasteiger partial charge on any atom is 0.121 e. The molecule has 0 aliphatic carbocycles. The van der Waals surface area contributed by atoms with Crippen molar-refractivity contribution in [2.75, 3.05) is 0 Å². The Morgan fingerprint density at radius 3 is 2.69 bits per heavy atom. The molecule has 82 valence electrons. The van der Waals surface area contributed by atoms with Crippen LogP contribution in [-0.2, 0) is 6.61 Å². The maximum absolute atomic E-state index is 5.87. The van der Waals surface area contributed by atoms with Crippen molar-refractivity contribution in [2.24, 2.45) is 0 Å². The van der Waals surface area contributed by atoms with Crippen molar-refractivity contribution < 1.29 is 4.74 Å². The van der Waals surface area contributed by atoms with Crippen LogP contribution in [0, 0.1) is 0 Å². The van der Waals surface area contributed by atoms with Gasteiger partial charge in [0.15, 0.2) is 0 Å². The Morgan fingerprint density at radius 1 is 1.12 bits per heavy atom. The summed E-state index contributed by atoms with van der Waals surface area (Å²) >= 11 is 11.7. The SMILES string of the molecule is Clc1ccc(OCc2cccnc2)cc1Cl. The zero-order chi connectivity index (χ0) is 11.4. The Balaban J connectivity index is 2.03. The molecule has 2 nitrogen and oxygen atoms in total. The number of halogens is 2. The smallest absolute Gasteiger partial charge is 0.121 e. The van der Waals surface area contributed by atoms with Gasteiger partial charge in [0.25, 0.3) is 0 Å². The molecular formula is C12H9Cl2NO. The summed E-state index contributed by atoms with van der Waals surface area (Å²) in [5, 5.41) is 1.01. The van der Waals surface area contributed by atoms with Crippen LogP contribution in [0.15, 0.2) is 42.7 Å². The highest BCUT2D eigenvalue weighted by molar-refractivity contribution is 6.42. The zero-order valence-electron chi connectivity index (χ0n) is 8.36. The first kappa shape index (κ1) is 11.2. The zero-order valence-corrected chi connectivity index (χ0v) is 9.87. The van der Waals surface area contributed by atoms with Crippen LogP contribution in [0.5, 0.6) is 5.75 Å². The molecule has 0 aliphatic heterocycles. The highest BCUT2D eigenvalue weighted by Crippen LogP contribution is 2.26. The second-order valence-electron chi connectivity index (χ2n) is 3.23. The largest absolute Gasteiger partial charge is 0.489 e. The third-order valence-electron chi connectivity index (χ3n) is 2.02. The summed E-state index contributed by atoms with van der Waals surface area (Å²) in [7, 11) is 0. The van der Waals surface area contributed by atoms with E-state index in [4.69, 9.17) is 27.9 Å². The van der Waals surface area contributed by atoms with Crippen LogP contribution >= 0.6 is 23.2 Å². The standard InChI is InChI=1S/C12H9Cl2NO/c13-11-4-3-10(6-12(11)14)16-8-9-2-1-5-15-7-9/h1-7H,8H2. The molecule has 0 radical (unpaired) electrons. The number of aromatic nitrogens is 1. The monoisotopic (exact) mass is 253 g/mol. The van der Waals surface area contributed by atoms with E-state index >= 15 is 0 Å². The highest BCUT2D eigenvalue weighted by atomic mass is 35.5. The van der Waals surface area contributed by atoms with E-state index in [1.807, 2.05) is 12.1 Å². The Labute approximate surface area is 104 Å². The highest BCUT2D eigenvalue weighted by Gasteiger charge is 2.00. The number of nitrogens with zero attached hydrogens (tertiary/aromatic N) is 1. The molecule has 0 spiro atoms. The Bertz CT molecular complexity index is 474. The molecule has 0 bridgehead atoms. The first-order chi connectivity index (χ1) is 7.75. The lowest BCUT2D eigenvalue weighted by molar-refractivity contribution is 0.306. The van der Waals surface area contributed by atoms with E-state index in [-0.39, 0.29) is 0 Å². The Morgan fingerprint density at radius 2 is 2.00 bits per heavy atom. The summed E-state index contributed by atoms with van der Waals surface area (Å²) in [6.07, 6.45) is 3.49. The molecule has 1 aromatic carbocycles. The van der Waals surface area contributed by atoms with Gasteiger partial charge in [-0.25, -0.2) is 0 Å². The minimum absolute atomic E-state index is 0.464. The predicted octanol–water partition coefficient (Wildman–Crippen LogP) is 3.97. The summed E-state index contributed by atoms with van der Waals surface area (Å²) in [6, 6.07) is 9.01. The van der Waals surface area contributed by atoms with Gasteiger partial charge in [0.2, 0.25) is 0 Å². The van der Waals surface area contributed by atoms with Gasteiger partial charge in [-0.05, 0) is 18.2 Å². The van der Waals surface area contributed by atoms with E-state index < -0.39 is 0 Å². The fourth-order valence-corrected chi connectivity index (χ4v) is 1.50. The molecule has 2 rings (SSSR count). The molecular weight excluding hydrogens is 245 g/mol. The number of benzene rings is 1. The predicted molar refractivity (Wildman–Crippen MR) is 65.0 cm³/mol. The molecule has 0 atom stereocenters. The minimum Gasteiger partial charge on any atom is -0.489 e. The molecule has 0 unspecified atom stereocenters. The molecule has 0 saturated carbocycles. The molecule has 0 aliphatic rings. The first-order valence-electron chi connectivity index (χ1n) is 4.72. The van der Waals surface area contributed by atoms with Gasteiger partial charge < -0.3 is 4.74 Å². The van der Waals surface area contributed by atoms with E-state index in [2.05, 4.69) is 4.98 Å². The normalized spacial score (nSPS) is 10.1. The second-order valence-corrected chi connectivity index (χ2v) is 4.04. The van der Waals surface area contributed by atoms with E-state index in [0.717, 1.165) is 5.56 Å². The Kier molecular flexibility index (Phi) is 3.65. The molecule has 2 aromatic rings. The van der Waals surface area contributed by atoms with Crippen LogP contribution in [0.3, 0.4) is 0 Å². The van der Waals surface area contributed by atoms with Crippen molar-refractivity contribution in [1.82, 2.24) is 4.98 Å². The molecule has 0 N–H and O–H groups in total. The molecule has 1 aromatic heterocycles. The molecule has 0 amide bonds. The second kappa shape index (κ2) is 5.19. The third-order valence-corrected chi connectivity index (χ3v) is 2.76. The number of pyridine rings is 1. The number of hydrogen-bond donors (Lipinski definition) is 0. The summed E-state index contributed by atoms with van der Waals surface area (Å²) < 4.78 is 5.54. The van der Waals surface area contributed by atoms with Crippen LogP contribution in [0.25, 0.3) is 0 Å². The van der Waals surface area contributed by atoms with Crippen LogP contribution in [0.2, 0.25) is 10.0 Å².